The van der Waals surface area contributed by atoms with Crippen LogP contribution < -0.4 is 0 Å². The molecule has 0 N–H and O–H groups in total. The molecule has 0 unspecified atom stereocenters. The lowest BCUT2D eigenvalue weighted by atomic mass is 10.5. The van der Waals surface area contributed by atoms with E-state index in [1.54, 1.807) is 34.4 Å². The highest BCUT2D eigenvalue weighted by Crippen LogP contribution is 2.35. The van der Waals surface area contributed by atoms with E-state index in [2.05, 4.69) is 35.7 Å². The molecule has 0 spiro atoms. The standard InChI is InChI=1S/C9H9NS3/c1-6-9(11-2)13-8(10-6)7-4-3-5-12-7/h3-5H,1-2H3. The third kappa shape index (κ3) is 1.80. The van der Waals surface area contributed by atoms with Crippen molar-refractivity contribution in [3.8, 4) is 9.88 Å². The molecule has 4 heteroatoms. The minimum Gasteiger partial charge on any atom is -0.239 e. The van der Waals surface area contributed by atoms with Crippen molar-refractivity contribution >= 4 is 34.4 Å². The first-order valence-electron chi connectivity index (χ1n) is 3.86. The second kappa shape index (κ2) is 3.82. The van der Waals surface area contributed by atoms with E-state index >= 15 is 0 Å². The van der Waals surface area contributed by atoms with Gasteiger partial charge in [-0.15, -0.1) is 34.4 Å². The summed E-state index contributed by atoms with van der Waals surface area (Å²) in [5.41, 5.74) is 1.15. The summed E-state index contributed by atoms with van der Waals surface area (Å²) >= 11 is 5.30. The van der Waals surface area contributed by atoms with Crippen LogP contribution >= 0.6 is 34.4 Å². The highest BCUT2D eigenvalue weighted by Gasteiger charge is 2.08. The molecule has 68 valence electrons. The van der Waals surface area contributed by atoms with Gasteiger partial charge in [-0.2, -0.15) is 0 Å². The first-order valence-corrected chi connectivity index (χ1v) is 6.78. The fourth-order valence-corrected chi connectivity index (χ4v) is 3.59. The van der Waals surface area contributed by atoms with Crippen LogP contribution in [-0.4, -0.2) is 11.2 Å². The number of aryl methyl sites for hydroxylation is 1. The Balaban J connectivity index is 2.43. The van der Waals surface area contributed by atoms with Gasteiger partial charge < -0.3 is 0 Å². The molecule has 0 aliphatic heterocycles. The summed E-state index contributed by atoms with van der Waals surface area (Å²) < 4.78 is 1.32. The minimum atomic E-state index is 1.15. The molecule has 0 fully saturated rings. The van der Waals surface area contributed by atoms with E-state index in [9.17, 15) is 0 Å². The van der Waals surface area contributed by atoms with Crippen LogP contribution in [0.1, 0.15) is 5.69 Å². The van der Waals surface area contributed by atoms with E-state index in [1.807, 2.05) is 0 Å². The van der Waals surface area contributed by atoms with Crippen molar-refractivity contribution in [3.05, 3.63) is 23.2 Å². The maximum absolute atomic E-state index is 4.53. The van der Waals surface area contributed by atoms with Gasteiger partial charge in [0.05, 0.1) is 14.8 Å². The zero-order valence-electron chi connectivity index (χ0n) is 7.40. The van der Waals surface area contributed by atoms with Crippen LogP contribution in [0.4, 0.5) is 0 Å². The molecule has 13 heavy (non-hydrogen) atoms. The number of hydrogen-bond acceptors (Lipinski definition) is 4. The highest BCUT2D eigenvalue weighted by molar-refractivity contribution is 8.00. The summed E-state index contributed by atoms with van der Waals surface area (Å²) in [7, 11) is 0. The smallest absolute Gasteiger partial charge is 0.134 e. The third-order valence-electron chi connectivity index (χ3n) is 1.67. The molecule has 1 nitrogen and oxygen atoms in total. The first-order chi connectivity index (χ1) is 6.31. The van der Waals surface area contributed by atoms with Crippen molar-refractivity contribution in [2.45, 2.75) is 11.1 Å². The number of thioether (sulfide) groups is 1. The quantitative estimate of drug-likeness (QED) is 0.722. The van der Waals surface area contributed by atoms with Gasteiger partial charge in [-0.25, -0.2) is 4.98 Å². The largest absolute Gasteiger partial charge is 0.239 e. The molecule has 0 aliphatic rings. The molecule has 0 aromatic carbocycles. The molecule has 0 saturated heterocycles. The second-order valence-electron chi connectivity index (χ2n) is 2.57. The van der Waals surface area contributed by atoms with Gasteiger partial charge in [0, 0.05) is 0 Å². The van der Waals surface area contributed by atoms with Gasteiger partial charge in [0.1, 0.15) is 5.01 Å². The molecule has 0 amide bonds. The summed E-state index contributed by atoms with van der Waals surface area (Å²) in [6, 6.07) is 4.18. The summed E-state index contributed by atoms with van der Waals surface area (Å²) in [4.78, 5) is 5.80. The van der Waals surface area contributed by atoms with Crippen molar-refractivity contribution < 1.29 is 0 Å². The van der Waals surface area contributed by atoms with Gasteiger partial charge in [0.2, 0.25) is 0 Å². The van der Waals surface area contributed by atoms with Crippen molar-refractivity contribution in [1.82, 2.24) is 4.98 Å². The molecule has 2 heterocycles. The Labute approximate surface area is 89.8 Å². The van der Waals surface area contributed by atoms with Crippen LogP contribution in [0.3, 0.4) is 0 Å². The SMILES string of the molecule is CSc1sc(-c2cccs2)nc1C. The van der Waals surface area contributed by atoms with Crippen LogP contribution in [0.5, 0.6) is 0 Å². The maximum atomic E-state index is 4.53. The Morgan fingerprint density at radius 2 is 2.31 bits per heavy atom. The lowest BCUT2D eigenvalue weighted by Gasteiger charge is -1.85. The van der Waals surface area contributed by atoms with E-state index < -0.39 is 0 Å². The monoisotopic (exact) mass is 227 g/mol. The molecular weight excluding hydrogens is 218 g/mol. The molecule has 0 saturated carbocycles. The summed E-state index contributed by atoms with van der Waals surface area (Å²) in [6.07, 6.45) is 2.10. The van der Waals surface area contributed by atoms with Gasteiger partial charge >= 0.3 is 0 Å². The molecule has 0 aliphatic carbocycles. The van der Waals surface area contributed by atoms with E-state index in [-0.39, 0.29) is 0 Å². The van der Waals surface area contributed by atoms with E-state index in [0.717, 1.165) is 10.7 Å². The lowest BCUT2D eigenvalue weighted by Crippen LogP contribution is -1.72. The third-order valence-corrected chi connectivity index (χ3v) is 5.08. The van der Waals surface area contributed by atoms with Crippen LogP contribution in [0.15, 0.2) is 21.7 Å². The van der Waals surface area contributed by atoms with Crippen molar-refractivity contribution in [1.29, 1.82) is 0 Å². The van der Waals surface area contributed by atoms with Gasteiger partial charge in [-0.3, -0.25) is 0 Å². The van der Waals surface area contributed by atoms with Crippen LogP contribution in [0, 0.1) is 6.92 Å². The highest BCUT2D eigenvalue weighted by atomic mass is 32.2. The Kier molecular flexibility index (Phi) is 2.71. The minimum absolute atomic E-state index is 1.15. The molecule has 0 bridgehead atoms. The number of thiophene rings is 1. The second-order valence-corrected chi connectivity index (χ2v) is 5.59. The fraction of sp³-hybridized carbons (Fsp3) is 0.222. The average molecular weight is 227 g/mol. The van der Waals surface area contributed by atoms with Crippen LogP contribution in [-0.2, 0) is 0 Å². The van der Waals surface area contributed by atoms with E-state index in [0.29, 0.717) is 0 Å². The molecule has 2 aromatic rings. The number of nitrogens with zero attached hydrogens (tertiary/aromatic N) is 1. The van der Waals surface area contributed by atoms with Gasteiger partial charge in [-0.05, 0) is 24.6 Å². The number of rotatable bonds is 2. The Hall–Kier alpha value is -0.320. The van der Waals surface area contributed by atoms with Gasteiger partial charge in [0.15, 0.2) is 0 Å². The summed E-state index contributed by atoms with van der Waals surface area (Å²) in [5, 5.41) is 3.24. The zero-order chi connectivity index (χ0) is 9.26. The van der Waals surface area contributed by atoms with Crippen molar-refractivity contribution in [2.75, 3.05) is 6.26 Å². The maximum Gasteiger partial charge on any atom is 0.134 e. The molecule has 0 radical (unpaired) electrons. The van der Waals surface area contributed by atoms with E-state index in [4.69, 9.17) is 0 Å². The van der Waals surface area contributed by atoms with Gasteiger partial charge in [-0.1, -0.05) is 6.07 Å². The van der Waals surface area contributed by atoms with Crippen LogP contribution in [0.25, 0.3) is 9.88 Å². The predicted molar refractivity (Wildman–Crippen MR) is 61.9 cm³/mol. The van der Waals surface area contributed by atoms with Crippen molar-refractivity contribution in [2.24, 2.45) is 0 Å². The zero-order valence-corrected chi connectivity index (χ0v) is 9.85. The summed E-state index contributed by atoms with van der Waals surface area (Å²) in [5.74, 6) is 0. The molecule has 2 aromatic heterocycles. The molecular formula is C9H9NS3. The molecule has 0 atom stereocenters. The number of hydrogen-bond donors (Lipinski definition) is 0. The predicted octanol–water partition coefficient (Wildman–Crippen LogP) is 3.90. The average Bonchev–Trinajstić information content (AvgIpc) is 2.71. The fourth-order valence-electron chi connectivity index (χ4n) is 1.08. The van der Waals surface area contributed by atoms with Crippen LogP contribution in [0.2, 0.25) is 0 Å². The van der Waals surface area contributed by atoms with E-state index in [1.165, 1.54) is 9.09 Å². The normalized spacial score (nSPS) is 10.6. The molecule has 2 rings (SSSR count). The first kappa shape index (κ1) is 9.24. The lowest BCUT2D eigenvalue weighted by molar-refractivity contribution is 1.22. The van der Waals surface area contributed by atoms with Gasteiger partial charge in [0.25, 0.3) is 0 Å². The Morgan fingerprint density at radius 1 is 1.46 bits per heavy atom. The Morgan fingerprint density at radius 3 is 2.85 bits per heavy atom. The number of aromatic nitrogens is 1. The topological polar surface area (TPSA) is 12.9 Å². The Bertz CT molecular complexity index is 389. The summed E-state index contributed by atoms with van der Waals surface area (Å²) in [6.45, 7) is 2.07. The van der Waals surface area contributed by atoms with Crippen molar-refractivity contribution in [3.63, 3.8) is 0 Å². The number of thiazole rings is 1.